The Morgan fingerprint density at radius 2 is 1.70 bits per heavy atom. The van der Waals surface area contributed by atoms with Gasteiger partial charge in [-0.1, -0.05) is 37.3 Å². The molecule has 2 rings (SSSR count). The van der Waals surface area contributed by atoms with Crippen molar-refractivity contribution in [3.8, 4) is 0 Å². The molecule has 7 heteroatoms. The van der Waals surface area contributed by atoms with Gasteiger partial charge in [-0.3, -0.25) is 4.79 Å². The molecular weight excluding hydrogens is 362 g/mol. The standard InChI is InChI=1S/C20H25N3O3S/c1-2-23-27(25,26)19-12-9-17(10-13-19)11-14-20(24)22-16-6-15-21-18-7-4-3-5-8-18/h3-5,7-14,21,23H,2,6,15-16H2,1H3,(H,22,24). The average Bonchev–Trinajstić information content (AvgIpc) is 2.67. The van der Waals surface area contributed by atoms with E-state index in [-0.39, 0.29) is 10.8 Å². The Labute approximate surface area is 160 Å². The number of amides is 1. The number of hydrogen-bond donors (Lipinski definition) is 3. The van der Waals surface area contributed by atoms with Crippen LogP contribution in [0.25, 0.3) is 6.08 Å². The predicted molar refractivity (Wildman–Crippen MR) is 109 cm³/mol. The summed E-state index contributed by atoms with van der Waals surface area (Å²) in [6.07, 6.45) is 3.91. The van der Waals surface area contributed by atoms with Crippen LogP contribution in [0.2, 0.25) is 0 Å². The number of carbonyl (C=O) groups excluding carboxylic acids is 1. The van der Waals surface area contributed by atoms with Crippen LogP contribution >= 0.6 is 0 Å². The van der Waals surface area contributed by atoms with E-state index in [2.05, 4.69) is 15.4 Å². The van der Waals surface area contributed by atoms with Crippen LogP contribution in [-0.2, 0) is 14.8 Å². The summed E-state index contributed by atoms with van der Waals surface area (Å²) in [7, 11) is -3.46. The van der Waals surface area contributed by atoms with Crippen molar-refractivity contribution in [1.82, 2.24) is 10.0 Å². The van der Waals surface area contributed by atoms with Gasteiger partial charge in [0.1, 0.15) is 0 Å². The van der Waals surface area contributed by atoms with Gasteiger partial charge in [-0.25, -0.2) is 13.1 Å². The van der Waals surface area contributed by atoms with Crippen LogP contribution in [0.1, 0.15) is 18.9 Å². The van der Waals surface area contributed by atoms with Crippen molar-refractivity contribution in [1.29, 1.82) is 0 Å². The van der Waals surface area contributed by atoms with Crippen molar-refractivity contribution >= 4 is 27.7 Å². The lowest BCUT2D eigenvalue weighted by Gasteiger charge is -2.06. The van der Waals surface area contributed by atoms with E-state index >= 15 is 0 Å². The molecule has 0 radical (unpaired) electrons. The molecule has 0 aliphatic carbocycles. The van der Waals surface area contributed by atoms with E-state index in [1.807, 2.05) is 30.3 Å². The summed E-state index contributed by atoms with van der Waals surface area (Å²) < 4.78 is 26.2. The molecule has 0 aliphatic rings. The largest absolute Gasteiger partial charge is 0.385 e. The van der Waals surface area contributed by atoms with E-state index in [1.165, 1.54) is 18.2 Å². The molecule has 0 aliphatic heterocycles. The highest BCUT2D eigenvalue weighted by Crippen LogP contribution is 2.11. The summed E-state index contributed by atoms with van der Waals surface area (Å²) in [5, 5.41) is 6.10. The molecule has 0 saturated heterocycles. The Bertz CT molecular complexity index is 848. The Morgan fingerprint density at radius 1 is 1.00 bits per heavy atom. The highest BCUT2D eigenvalue weighted by Gasteiger charge is 2.11. The highest BCUT2D eigenvalue weighted by molar-refractivity contribution is 7.89. The molecule has 0 heterocycles. The summed E-state index contributed by atoms with van der Waals surface area (Å²) in [6, 6.07) is 16.3. The molecule has 0 saturated carbocycles. The van der Waals surface area contributed by atoms with E-state index in [1.54, 1.807) is 25.1 Å². The molecule has 3 N–H and O–H groups in total. The maximum Gasteiger partial charge on any atom is 0.244 e. The predicted octanol–water partition coefficient (Wildman–Crippen LogP) is 2.62. The van der Waals surface area contributed by atoms with E-state index in [0.717, 1.165) is 24.2 Å². The zero-order valence-corrected chi connectivity index (χ0v) is 16.1. The molecule has 0 aromatic heterocycles. The normalized spacial score (nSPS) is 11.4. The van der Waals surface area contributed by atoms with E-state index in [4.69, 9.17) is 0 Å². The van der Waals surface area contributed by atoms with Crippen molar-refractivity contribution in [3.63, 3.8) is 0 Å². The summed E-state index contributed by atoms with van der Waals surface area (Å²) in [5.41, 5.74) is 1.81. The molecule has 27 heavy (non-hydrogen) atoms. The molecule has 2 aromatic carbocycles. The zero-order chi connectivity index (χ0) is 19.5. The van der Waals surface area contributed by atoms with E-state index in [9.17, 15) is 13.2 Å². The Hall–Kier alpha value is -2.64. The van der Waals surface area contributed by atoms with Crippen molar-refractivity contribution < 1.29 is 13.2 Å². The number of para-hydroxylation sites is 1. The first-order valence-corrected chi connectivity index (χ1v) is 10.3. The maximum atomic E-state index is 11.9. The zero-order valence-electron chi connectivity index (χ0n) is 15.3. The molecule has 6 nitrogen and oxygen atoms in total. The lowest BCUT2D eigenvalue weighted by molar-refractivity contribution is -0.116. The lowest BCUT2D eigenvalue weighted by atomic mass is 10.2. The van der Waals surface area contributed by atoms with Crippen LogP contribution in [0, 0.1) is 0 Å². The minimum atomic E-state index is -3.46. The summed E-state index contributed by atoms with van der Waals surface area (Å²) in [6.45, 7) is 3.41. The third-order valence-corrected chi connectivity index (χ3v) is 5.27. The fraction of sp³-hybridized carbons (Fsp3) is 0.250. The Kier molecular flexibility index (Phi) is 8.03. The minimum absolute atomic E-state index is 0.181. The van der Waals surface area contributed by atoms with Gasteiger partial charge in [0.05, 0.1) is 4.90 Å². The van der Waals surface area contributed by atoms with Gasteiger partial charge in [-0.05, 0) is 42.3 Å². The van der Waals surface area contributed by atoms with E-state index in [0.29, 0.717) is 13.1 Å². The molecule has 1 amide bonds. The van der Waals surface area contributed by atoms with Crippen molar-refractivity contribution in [3.05, 3.63) is 66.2 Å². The quantitative estimate of drug-likeness (QED) is 0.432. The molecule has 0 fully saturated rings. The van der Waals surface area contributed by atoms with E-state index < -0.39 is 10.0 Å². The molecular formula is C20H25N3O3S. The summed E-state index contributed by atoms with van der Waals surface area (Å²) in [4.78, 5) is 12.0. The number of carbonyl (C=O) groups is 1. The average molecular weight is 388 g/mol. The second-order valence-electron chi connectivity index (χ2n) is 5.84. The molecule has 0 atom stereocenters. The van der Waals surface area contributed by atoms with Crippen molar-refractivity contribution in [2.24, 2.45) is 0 Å². The number of nitrogens with one attached hydrogen (secondary N) is 3. The van der Waals surface area contributed by atoms with Gasteiger partial charge < -0.3 is 10.6 Å². The van der Waals surface area contributed by atoms with Crippen LogP contribution in [-0.4, -0.2) is 34.0 Å². The van der Waals surface area contributed by atoms with Gasteiger partial charge >= 0.3 is 0 Å². The fourth-order valence-corrected chi connectivity index (χ4v) is 3.39. The third kappa shape index (κ3) is 7.24. The molecule has 0 bridgehead atoms. The van der Waals surface area contributed by atoms with Crippen LogP contribution in [0.4, 0.5) is 5.69 Å². The molecule has 144 valence electrons. The highest BCUT2D eigenvalue weighted by atomic mass is 32.2. The number of rotatable bonds is 10. The van der Waals surface area contributed by atoms with Crippen LogP contribution in [0.15, 0.2) is 65.6 Å². The Balaban J connectivity index is 1.72. The SMILES string of the molecule is CCNS(=O)(=O)c1ccc(C=CC(=O)NCCCNc2ccccc2)cc1. The third-order valence-electron chi connectivity index (χ3n) is 3.71. The summed E-state index contributed by atoms with van der Waals surface area (Å²) >= 11 is 0. The van der Waals surface area contributed by atoms with Gasteiger partial charge in [0.25, 0.3) is 0 Å². The first kappa shape index (κ1) is 20.7. The maximum absolute atomic E-state index is 11.9. The molecule has 0 spiro atoms. The van der Waals surface area contributed by atoms with Crippen molar-refractivity contribution in [2.75, 3.05) is 25.0 Å². The number of hydrogen-bond acceptors (Lipinski definition) is 4. The van der Waals surface area contributed by atoms with Gasteiger partial charge in [-0.15, -0.1) is 0 Å². The number of benzene rings is 2. The molecule has 2 aromatic rings. The number of anilines is 1. The van der Waals surface area contributed by atoms with Crippen LogP contribution in [0.5, 0.6) is 0 Å². The van der Waals surface area contributed by atoms with Crippen LogP contribution < -0.4 is 15.4 Å². The smallest absolute Gasteiger partial charge is 0.244 e. The fourth-order valence-electron chi connectivity index (χ4n) is 2.35. The first-order chi connectivity index (χ1) is 13.0. The summed E-state index contributed by atoms with van der Waals surface area (Å²) in [5.74, 6) is -0.181. The minimum Gasteiger partial charge on any atom is -0.385 e. The second kappa shape index (κ2) is 10.5. The number of sulfonamides is 1. The molecule has 0 unspecified atom stereocenters. The van der Waals surface area contributed by atoms with Gasteiger partial charge in [-0.2, -0.15) is 0 Å². The van der Waals surface area contributed by atoms with Crippen LogP contribution in [0.3, 0.4) is 0 Å². The van der Waals surface area contributed by atoms with Gasteiger partial charge in [0.2, 0.25) is 15.9 Å². The second-order valence-corrected chi connectivity index (χ2v) is 7.61. The van der Waals surface area contributed by atoms with Crippen molar-refractivity contribution in [2.45, 2.75) is 18.2 Å². The first-order valence-electron chi connectivity index (χ1n) is 8.86. The monoisotopic (exact) mass is 387 g/mol. The Morgan fingerprint density at radius 3 is 2.37 bits per heavy atom. The lowest BCUT2D eigenvalue weighted by Crippen LogP contribution is -2.23. The van der Waals surface area contributed by atoms with Gasteiger partial charge in [0.15, 0.2) is 0 Å². The topological polar surface area (TPSA) is 87.3 Å². The van der Waals surface area contributed by atoms with Gasteiger partial charge in [0, 0.05) is 31.4 Å².